The van der Waals surface area contributed by atoms with E-state index in [1.54, 1.807) is 0 Å². The molecule has 1 saturated heterocycles. The molecule has 1 unspecified atom stereocenters. The number of rotatable bonds is 5. The molecule has 4 rings (SSSR count). The van der Waals surface area contributed by atoms with Gasteiger partial charge >= 0.3 is 12.2 Å². The molecular weight excluding hydrogens is 505 g/mol. The number of alkyl halides is 5. The maximum absolute atomic E-state index is 15.1. The van der Waals surface area contributed by atoms with Crippen LogP contribution in [-0.4, -0.2) is 63.5 Å². The van der Waals surface area contributed by atoms with Crippen molar-refractivity contribution >= 4 is 23.4 Å². The summed E-state index contributed by atoms with van der Waals surface area (Å²) < 4.78 is 70.1. The molecule has 3 amide bonds. The SMILES string of the molecule is CN(C(=O)Nc1cc(C(F)(F)F)cn(C)c1=O)C1CCN(c2cnc(C3(C(N)=O)CC3)cn2)CC1(F)F. The fourth-order valence-electron chi connectivity index (χ4n) is 4.39. The molecule has 3 N–H and O–H groups in total. The van der Waals surface area contributed by atoms with Gasteiger partial charge in [-0.2, -0.15) is 13.2 Å². The van der Waals surface area contributed by atoms with Crippen molar-refractivity contribution in [2.45, 2.75) is 42.8 Å². The molecule has 2 aliphatic rings. The summed E-state index contributed by atoms with van der Waals surface area (Å²) in [6.45, 7) is -0.742. The molecule has 200 valence electrons. The molecule has 2 aromatic heterocycles. The Balaban J connectivity index is 1.46. The Kier molecular flexibility index (Phi) is 6.36. The number of carbonyl (C=O) groups excluding carboxylic acids is 2. The minimum atomic E-state index is -4.78. The molecule has 3 heterocycles. The van der Waals surface area contributed by atoms with E-state index in [2.05, 4.69) is 9.97 Å². The van der Waals surface area contributed by atoms with Crippen LogP contribution in [0.4, 0.5) is 38.3 Å². The van der Waals surface area contributed by atoms with Crippen LogP contribution in [0, 0.1) is 0 Å². The fourth-order valence-corrected chi connectivity index (χ4v) is 4.39. The molecule has 1 aliphatic heterocycles. The summed E-state index contributed by atoms with van der Waals surface area (Å²) in [4.78, 5) is 46.8. The smallest absolute Gasteiger partial charge is 0.369 e. The van der Waals surface area contributed by atoms with Crippen molar-refractivity contribution < 1.29 is 31.5 Å². The van der Waals surface area contributed by atoms with E-state index in [0.717, 1.165) is 14.1 Å². The number of carbonyl (C=O) groups is 2. The number of nitrogens with zero attached hydrogens (tertiary/aromatic N) is 5. The average Bonchev–Trinajstić information content (AvgIpc) is 3.62. The number of hydrogen-bond acceptors (Lipinski definition) is 6. The summed E-state index contributed by atoms with van der Waals surface area (Å²) in [6.07, 6.45) is -0.703. The van der Waals surface area contributed by atoms with Crippen LogP contribution in [0.25, 0.3) is 0 Å². The Morgan fingerprint density at radius 1 is 1.22 bits per heavy atom. The number of pyridine rings is 1. The molecule has 2 fully saturated rings. The van der Waals surface area contributed by atoms with E-state index in [-0.39, 0.29) is 18.8 Å². The van der Waals surface area contributed by atoms with Crippen molar-refractivity contribution in [2.24, 2.45) is 12.8 Å². The van der Waals surface area contributed by atoms with Crippen LogP contribution in [0.5, 0.6) is 0 Å². The Morgan fingerprint density at radius 3 is 2.41 bits per heavy atom. The number of nitrogens with two attached hydrogens (primary N) is 1. The minimum absolute atomic E-state index is 0.0676. The number of aryl methyl sites for hydroxylation is 1. The van der Waals surface area contributed by atoms with Gasteiger partial charge in [-0.3, -0.25) is 14.6 Å². The summed E-state index contributed by atoms with van der Waals surface area (Å²) >= 11 is 0. The van der Waals surface area contributed by atoms with Gasteiger partial charge < -0.3 is 25.4 Å². The first kappa shape index (κ1) is 26.3. The molecular formula is C22H24F5N7O3. The maximum Gasteiger partial charge on any atom is 0.417 e. The Morgan fingerprint density at radius 2 is 1.89 bits per heavy atom. The highest BCUT2D eigenvalue weighted by atomic mass is 19.4. The number of anilines is 2. The summed E-state index contributed by atoms with van der Waals surface area (Å²) in [5.41, 5.74) is 2.14. The van der Waals surface area contributed by atoms with Gasteiger partial charge in [0.25, 0.3) is 11.5 Å². The second kappa shape index (κ2) is 8.95. The van der Waals surface area contributed by atoms with Gasteiger partial charge in [0.2, 0.25) is 5.91 Å². The second-order valence-electron chi connectivity index (χ2n) is 9.29. The van der Waals surface area contributed by atoms with Gasteiger partial charge in [-0.25, -0.2) is 18.6 Å². The van der Waals surface area contributed by atoms with Crippen LogP contribution in [0.1, 0.15) is 30.5 Å². The lowest BCUT2D eigenvalue weighted by molar-refractivity contribution is -0.138. The first-order chi connectivity index (χ1) is 17.2. The van der Waals surface area contributed by atoms with E-state index in [1.807, 2.05) is 5.32 Å². The average molecular weight is 529 g/mol. The number of primary amides is 1. The number of halogens is 5. The number of aromatic nitrogens is 3. The van der Waals surface area contributed by atoms with E-state index in [4.69, 9.17) is 5.73 Å². The van der Waals surface area contributed by atoms with Gasteiger partial charge in [-0.1, -0.05) is 0 Å². The van der Waals surface area contributed by atoms with Crippen molar-refractivity contribution in [3.63, 3.8) is 0 Å². The van der Waals surface area contributed by atoms with Crippen molar-refractivity contribution in [1.82, 2.24) is 19.4 Å². The molecule has 10 nitrogen and oxygen atoms in total. The van der Waals surface area contributed by atoms with Gasteiger partial charge in [-0.15, -0.1) is 0 Å². The molecule has 1 saturated carbocycles. The minimum Gasteiger partial charge on any atom is -0.369 e. The zero-order valence-corrected chi connectivity index (χ0v) is 19.9. The van der Waals surface area contributed by atoms with Crippen LogP contribution < -0.4 is 21.5 Å². The number of urea groups is 1. The van der Waals surface area contributed by atoms with Crippen LogP contribution in [0.15, 0.2) is 29.5 Å². The Labute approximate surface area is 207 Å². The van der Waals surface area contributed by atoms with Gasteiger partial charge in [-0.05, 0) is 25.3 Å². The monoisotopic (exact) mass is 529 g/mol. The Bertz CT molecular complexity index is 1270. The van der Waals surface area contributed by atoms with Crippen LogP contribution in [0.2, 0.25) is 0 Å². The molecule has 0 aromatic carbocycles. The highest BCUT2D eigenvalue weighted by Gasteiger charge is 2.52. The zero-order valence-electron chi connectivity index (χ0n) is 19.9. The van der Waals surface area contributed by atoms with Gasteiger partial charge in [0.05, 0.1) is 35.6 Å². The predicted molar refractivity (Wildman–Crippen MR) is 121 cm³/mol. The highest BCUT2D eigenvalue weighted by molar-refractivity contribution is 5.90. The van der Waals surface area contributed by atoms with Crippen LogP contribution in [0.3, 0.4) is 0 Å². The van der Waals surface area contributed by atoms with Crippen LogP contribution in [-0.2, 0) is 23.4 Å². The number of amides is 3. The maximum atomic E-state index is 15.1. The lowest BCUT2D eigenvalue weighted by Crippen LogP contribution is -2.59. The lowest BCUT2D eigenvalue weighted by Gasteiger charge is -2.42. The van der Waals surface area contributed by atoms with Gasteiger partial charge in [0, 0.05) is 26.8 Å². The highest BCUT2D eigenvalue weighted by Crippen LogP contribution is 2.47. The predicted octanol–water partition coefficient (Wildman–Crippen LogP) is 2.09. The lowest BCUT2D eigenvalue weighted by atomic mass is 9.99. The molecule has 0 radical (unpaired) electrons. The summed E-state index contributed by atoms with van der Waals surface area (Å²) in [6, 6.07) is -2.30. The van der Waals surface area contributed by atoms with Crippen molar-refractivity contribution in [1.29, 1.82) is 0 Å². The number of piperidine rings is 1. The molecule has 1 aliphatic carbocycles. The standard InChI is InChI=1S/C22H24F5N7O3/c1-32-10-12(22(25,26)27)7-13(17(32)35)31-19(37)33(2)15-3-6-34(11-21(15,23)24)16-9-29-14(8-30-16)20(4-5-20)18(28)36/h7-10,15H,3-6,11H2,1-2H3,(H2,28,36)(H,31,37). The summed E-state index contributed by atoms with van der Waals surface area (Å²) in [5.74, 6) is -3.80. The zero-order chi connectivity index (χ0) is 27.3. The third-order valence-corrected chi connectivity index (χ3v) is 6.78. The molecule has 1 atom stereocenters. The molecule has 15 heteroatoms. The van der Waals surface area contributed by atoms with E-state index in [9.17, 15) is 27.6 Å². The van der Waals surface area contributed by atoms with Crippen molar-refractivity contribution in [3.8, 4) is 0 Å². The molecule has 2 aromatic rings. The summed E-state index contributed by atoms with van der Waals surface area (Å²) in [5, 5.41) is 2.02. The van der Waals surface area contributed by atoms with Gasteiger partial charge in [0.1, 0.15) is 17.5 Å². The Hall–Kier alpha value is -3.78. The number of hydrogen-bond donors (Lipinski definition) is 2. The van der Waals surface area contributed by atoms with Crippen LogP contribution >= 0.6 is 0 Å². The fraction of sp³-hybridized carbons (Fsp3) is 0.500. The first-order valence-corrected chi connectivity index (χ1v) is 11.2. The van der Waals surface area contributed by atoms with E-state index in [0.29, 0.717) is 40.3 Å². The third-order valence-electron chi connectivity index (χ3n) is 6.78. The molecule has 0 bridgehead atoms. The van der Waals surface area contributed by atoms with E-state index >= 15 is 8.78 Å². The normalized spacial score (nSPS) is 20.3. The quantitative estimate of drug-likeness (QED) is 0.572. The van der Waals surface area contributed by atoms with E-state index in [1.165, 1.54) is 17.3 Å². The second-order valence-corrected chi connectivity index (χ2v) is 9.29. The van der Waals surface area contributed by atoms with E-state index < -0.39 is 58.8 Å². The molecule has 37 heavy (non-hydrogen) atoms. The third kappa shape index (κ3) is 4.93. The van der Waals surface area contributed by atoms with Gasteiger partial charge in [0.15, 0.2) is 0 Å². The van der Waals surface area contributed by atoms with Crippen molar-refractivity contribution in [2.75, 3.05) is 30.4 Å². The van der Waals surface area contributed by atoms with Crippen molar-refractivity contribution in [3.05, 3.63) is 46.3 Å². The largest absolute Gasteiger partial charge is 0.417 e. The molecule has 0 spiro atoms. The first-order valence-electron chi connectivity index (χ1n) is 11.2. The summed E-state index contributed by atoms with van der Waals surface area (Å²) in [7, 11) is 2.16. The topological polar surface area (TPSA) is 126 Å². The number of nitrogens with one attached hydrogen (secondary N) is 1.